The summed E-state index contributed by atoms with van der Waals surface area (Å²) in [4.78, 5) is 12.0. The summed E-state index contributed by atoms with van der Waals surface area (Å²) >= 11 is 3.47. The molecule has 0 heterocycles. The third-order valence-electron chi connectivity index (χ3n) is 4.20. The molecule has 0 saturated heterocycles. The summed E-state index contributed by atoms with van der Waals surface area (Å²) in [7, 11) is 1.60. The standard InChI is InChI=1S/C24H19BrN2O3/c1-29-21-10-8-18(9-11-21)19(15-26)13-17-7-12-23(22(25)14-17)30-16-24(28)27-20-5-3-2-4-6-20/h2-14H,16H2,1H3,(H,27,28)/b19-13+. The zero-order chi connectivity index (χ0) is 21.3. The van der Waals surface area contributed by atoms with E-state index in [-0.39, 0.29) is 12.5 Å². The maximum Gasteiger partial charge on any atom is 0.262 e. The Labute approximate surface area is 183 Å². The van der Waals surface area contributed by atoms with Gasteiger partial charge in [-0.2, -0.15) is 5.26 Å². The van der Waals surface area contributed by atoms with Crippen LogP contribution in [-0.2, 0) is 4.79 Å². The van der Waals surface area contributed by atoms with E-state index < -0.39 is 0 Å². The van der Waals surface area contributed by atoms with Crippen LogP contribution in [0.2, 0.25) is 0 Å². The van der Waals surface area contributed by atoms with Gasteiger partial charge in [-0.1, -0.05) is 24.3 Å². The van der Waals surface area contributed by atoms with E-state index in [1.807, 2.05) is 66.7 Å². The van der Waals surface area contributed by atoms with Crippen molar-refractivity contribution in [2.24, 2.45) is 0 Å². The van der Waals surface area contributed by atoms with Crippen molar-refractivity contribution in [2.75, 3.05) is 19.0 Å². The molecular formula is C24H19BrN2O3. The molecule has 30 heavy (non-hydrogen) atoms. The molecule has 5 nitrogen and oxygen atoms in total. The van der Waals surface area contributed by atoms with E-state index >= 15 is 0 Å². The molecule has 0 atom stereocenters. The second-order valence-corrected chi connectivity index (χ2v) is 7.15. The number of carbonyl (C=O) groups excluding carboxylic acids is 1. The number of nitrogens with zero attached hydrogens (tertiary/aromatic N) is 1. The van der Waals surface area contributed by atoms with Gasteiger partial charge in [0.1, 0.15) is 11.5 Å². The number of rotatable bonds is 7. The fraction of sp³-hybridized carbons (Fsp3) is 0.0833. The molecule has 6 heteroatoms. The lowest BCUT2D eigenvalue weighted by molar-refractivity contribution is -0.118. The first kappa shape index (κ1) is 21.2. The minimum atomic E-state index is -0.247. The van der Waals surface area contributed by atoms with Crippen molar-refractivity contribution in [3.63, 3.8) is 0 Å². The van der Waals surface area contributed by atoms with E-state index in [1.165, 1.54) is 0 Å². The number of nitriles is 1. The molecule has 1 amide bonds. The maximum atomic E-state index is 12.0. The lowest BCUT2D eigenvalue weighted by atomic mass is 10.0. The molecule has 0 fully saturated rings. The topological polar surface area (TPSA) is 71.3 Å². The van der Waals surface area contributed by atoms with Crippen LogP contribution in [0.4, 0.5) is 5.69 Å². The van der Waals surface area contributed by atoms with Gasteiger partial charge in [0.25, 0.3) is 5.91 Å². The first-order valence-corrected chi connectivity index (χ1v) is 9.92. The summed E-state index contributed by atoms with van der Waals surface area (Å²) in [6.45, 7) is -0.113. The average molecular weight is 463 g/mol. The van der Waals surface area contributed by atoms with Crippen molar-refractivity contribution in [1.29, 1.82) is 5.26 Å². The predicted molar refractivity (Wildman–Crippen MR) is 121 cm³/mol. The van der Waals surface area contributed by atoms with E-state index in [2.05, 4.69) is 27.3 Å². The Bertz CT molecular complexity index is 1090. The summed E-state index contributed by atoms with van der Waals surface area (Å²) in [6, 6.07) is 24.2. The minimum absolute atomic E-state index is 0.113. The molecule has 0 aliphatic carbocycles. The van der Waals surface area contributed by atoms with Crippen LogP contribution < -0.4 is 14.8 Å². The molecule has 1 N–H and O–H groups in total. The molecule has 3 rings (SSSR count). The second-order valence-electron chi connectivity index (χ2n) is 6.29. The van der Waals surface area contributed by atoms with Crippen LogP contribution in [0.5, 0.6) is 11.5 Å². The second kappa shape index (κ2) is 10.3. The van der Waals surface area contributed by atoms with Gasteiger partial charge in [-0.05, 0) is 81.7 Å². The highest BCUT2D eigenvalue weighted by Gasteiger charge is 2.08. The van der Waals surface area contributed by atoms with Gasteiger partial charge >= 0.3 is 0 Å². The normalized spacial score (nSPS) is 10.8. The molecular weight excluding hydrogens is 444 g/mol. The smallest absolute Gasteiger partial charge is 0.262 e. The first-order valence-electron chi connectivity index (χ1n) is 9.12. The number of methoxy groups -OCH3 is 1. The molecule has 0 aliphatic heterocycles. The number of carbonyl (C=O) groups is 1. The Morgan fingerprint density at radius 3 is 2.47 bits per heavy atom. The van der Waals surface area contributed by atoms with Gasteiger partial charge < -0.3 is 14.8 Å². The average Bonchev–Trinajstić information content (AvgIpc) is 2.77. The van der Waals surface area contributed by atoms with Crippen LogP contribution in [0.25, 0.3) is 11.6 Å². The number of benzene rings is 3. The molecule has 3 aromatic carbocycles. The number of nitrogens with one attached hydrogen (secondary N) is 1. The van der Waals surface area contributed by atoms with E-state index in [9.17, 15) is 10.1 Å². The van der Waals surface area contributed by atoms with Crippen LogP contribution in [0.3, 0.4) is 0 Å². The van der Waals surface area contributed by atoms with Gasteiger partial charge in [0, 0.05) is 5.69 Å². The monoisotopic (exact) mass is 462 g/mol. The maximum absolute atomic E-state index is 12.0. The third-order valence-corrected chi connectivity index (χ3v) is 4.82. The highest BCUT2D eigenvalue weighted by molar-refractivity contribution is 9.10. The number of halogens is 1. The van der Waals surface area contributed by atoms with E-state index in [0.29, 0.717) is 21.5 Å². The highest BCUT2D eigenvalue weighted by atomic mass is 79.9. The summed E-state index contributed by atoms with van der Waals surface area (Å²) in [5, 5.41) is 12.3. The third kappa shape index (κ3) is 5.72. The van der Waals surface area contributed by atoms with Gasteiger partial charge in [0.05, 0.1) is 23.2 Å². The summed E-state index contributed by atoms with van der Waals surface area (Å²) in [5.74, 6) is 1.03. The van der Waals surface area contributed by atoms with Crippen molar-refractivity contribution in [3.05, 3.63) is 88.4 Å². The van der Waals surface area contributed by atoms with Gasteiger partial charge in [-0.15, -0.1) is 0 Å². The lowest BCUT2D eigenvalue weighted by Crippen LogP contribution is -2.20. The van der Waals surface area contributed by atoms with E-state index in [1.54, 1.807) is 19.3 Å². The van der Waals surface area contributed by atoms with Gasteiger partial charge in [0.2, 0.25) is 0 Å². The van der Waals surface area contributed by atoms with E-state index in [4.69, 9.17) is 9.47 Å². The van der Waals surface area contributed by atoms with Crippen LogP contribution in [0.1, 0.15) is 11.1 Å². The van der Waals surface area contributed by atoms with E-state index in [0.717, 1.165) is 16.9 Å². The zero-order valence-electron chi connectivity index (χ0n) is 16.3. The van der Waals surface area contributed by atoms with Crippen molar-refractivity contribution in [3.8, 4) is 17.6 Å². The Morgan fingerprint density at radius 2 is 1.83 bits per heavy atom. The molecule has 0 radical (unpaired) electrons. The highest BCUT2D eigenvalue weighted by Crippen LogP contribution is 2.28. The Morgan fingerprint density at radius 1 is 1.10 bits per heavy atom. The van der Waals surface area contributed by atoms with Crippen molar-refractivity contribution in [1.82, 2.24) is 0 Å². The largest absolute Gasteiger partial charge is 0.497 e. The number of amides is 1. The quantitative estimate of drug-likeness (QED) is 0.369. The van der Waals surface area contributed by atoms with Gasteiger partial charge in [-0.3, -0.25) is 4.79 Å². The van der Waals surface area contributed by atoms with Crippen LogP contribution in [0, 0.1) is 11.3 Å². The predicted octanol–water partition coefficient (Wildman–Crippen LogP) is 5.54. The zero-order valence-corrected chi connectivity index (χ0v) is 17.8. The summed E-state index contributed by atoms with van der Waals surface area (Å²) < 4.78 is 11.5. The van der Waals surface area contributed by atoms with Crippen LogP contribution >= 0.6 is 15.9 Å². The molecule has 0 spiro atoms. The molecule has 150 valence electrons. The number of ether oxygens (including phenoxy) is 2. The molecule has 0 bridgehead atoms. The van der Waals surface area contributed by atoms with Crippen molar-refractivity contribution < 1.29 is 14.3 Å². The number of para-hydroxylation sites is 1. The summed E-state index contributed by atoms with van der Waals surface area (Å²) in [5.41, 5.74) is 2.87. The molecule has 0 aromatic heterocycles. The molecule has 3 aromatic rings. The minimum Gasteiger partial charge on any atom is -0.497 e. The Kier molecular flexibility index (Phi) is 7.25. The molecule has 0 unspecified atom stereocenters. The van der Waals surface area contributed by atoms with Crippen LogP contribution in [0.15, 0.2) is 77.3 Å². The van der Waals surface area contributed by atoms with Crippen LogP contribution in [-0.4, -0.2) is 19.6 Å². The number of hydrogen-bond acceptors (Lipinski definition) is 4. The fourth-order valence-corrected chi connectivity index (χ4v) is 3.21. The van der Waals surface area contributed by atoms with Crippen molar-refractivity contribution in [2.45, 2.75) is 0 Å². The SMILES string of the molecule is COc1ccc(/C(C#N)=C/c2ccc(OCC(=O)Nc3ccccc3)c(Br)c2)cc1. The number of anilines is 1. The first-order chi connectivity index (χ1) is 14.6. The lowest BCUT2D eigenvalue weighted by Gasteiger charge is -2.10. The molecule has 0 saturated carbocycles. The molecule has 0 aliphatic rings. The van der Waals surface area contributed by atoms with Gasteiger partial charge in [0.15, 0.2) is 6.61 Å². The Balaban J connectivity index is 1.67. The summed E-state index contributed by atoms with van der Waals surface area (Å²) in [6.07, 6.45) is 1.79. The van der Waals surface area contributed by atoms with Crippen molar-refractivity contribution >= 4 is 39.2 Å². The number of hydrogen-bond donors (Lipinski definition) is 1. The number of allylic oxidation sites excluding steroid dienone is 1. The fourth-order valence-electron chi connectivity index (χ4n) is 2.70. The Hall–Kier alpha value is -3.56. The van der Waals surface area contributed by atoms with Gasteiger partial charge in [-0.25, -0.2) is 0 Å².